The summed E-state index contributed by atoms with van der Waals surface area (Å²) >= 11 is 0. The van der Waals surface area contributed by atoms with Crippen molar-refractivity contribution < 1.29 is 0 Å². The SMILES string of the molecule is NNC(Cc1ccncc1)c1cn[nH]c1N. The van der Waals surface area contributed by atoms with E-state index in [-0.39, 0.29) is 6.04 Å². The van der Waals surface area contributed by atoms with Crippen molar-refractivity contribution in [1.82, 2.24) is 20.6 Å². The van der Waals surface area contributed by atoms with Crippen LogP contribution in [0, 0.1) is 0 Å². The van der Waals surface area contributed by atoms with Crippen molar-refractivity contribution in [1.29, 1.82) is 0 Å². The first-order valence-electron chi connectivity index (χ1n) is 4.95. The van der Waals surface area contributed by atoms with Crippen LogP contribution in [0.5, 0.6) is 0 Å². The number of nitrogen functional groups attached to an aromatic ring is 1. The van der Waals surface area contributed by atoms with Gasteiger partial charge in [0.2, 0.25) is 0 Å². The smallest absolute Gasteiger partial charge is 0.123 e. The van der Waals surface area contributed by atoms with Crippen LogP contribution in [0.25, 0.3) is 0 Å². The van der Waals surface area contributed by atoms with Crippen molar-refractivity contribution in [3.8, 4) is 0 Å². The maximum Gasteiger partial charge on any atom is 0.123 e. The number of aromatic amines is 1. The molecule has 0 bridgehead atoms. The molecule has 1 atom stereocenters. The molecule has 0 aromatic carbocycles. The Kier molecular flexibility index (Phi) is 3.13. The lowest BCUT2D eigenvalue weighted by atomic mass is 10.0. The zero-order chi connectivity index (χ0) is 11.4. The molecule has 0 spiro atoms. The molecule has 0 fully saturated rings. The summed E-state index contributed by atoms with van der Waals surface area (Å²) in [5, 5.41) is 6.56. The fraction of sp³-hybridized carbons (Fsp3) is 0.200. The van der Waals surface area contributed by atoms with E-state index in [0.717, 1.165) is 17.5 Å². The second-order valence-corrected chi connectivity index (χ2v) is 3.52. The first-order valence-corrected chi connectivity index (χ1v) is 4.95. The molecule has 2 heterocycles. The number of hydrogen-bond donors (Lipinski definition) is 4. The molecular formula is C10H14N6. The summed E-state index contributed by atoms with van der Waals surface area (Å²) in [6.45, 7) is 0. The van der Waals surface area contributed by atoms with Gasteiger partial charge in [0.15, 0.2) is 0 Å². The van der Waals surface area contributed by atoms with Gasteiger partial charge >= 0.3 is 0 Å². The standard InChI is InChI=1S/C10H14N6/c11-10-8(6-14-16-10)9(15-12)5-7-1-3-13-4-2-7/h1-4,6,9,15H,5,12H2,(H3,11,14,16). The minimum absolute atomic E-state index is 0.0545. The monoisotopic (exact) mass is 218 g/mol. The Morgan fingerprint density at radius 2 is 2.12 bits per heavy atom. The highest BCUT2D eigenvalue weighted by molar-refractivity contribution is 5.40. The summed E-state index contributed by atoms with van der Waals surface area (Å²) in [5.74, 6) is 6.06. The molecule has 6 nitrogen and oxygen atoms in total. The van der Waals surface area contributed by atoms with E-state index in [1.54, 1.807) is 18.6 Å². The van der Waals surface area contributed by atoms with E-state index >= 15 is 0 Å². The quantitative estimate of drug-likeness (QED) is 0.431. The zero-order valence-electron chi connectivity index (χ0n) is 8.72. The second kappa shape index (κ2) is 4.73. The zero-order valence-corrected chi connectivity index (χ0v) is 8.72. The molecule has 0 aliphatic rings. The van der Waals surface area contributed by atoms with Gasteiger partial charge in [-0.05, 0) is 24.1 Å². The predicted octanol–water partition coefficient (Wildman–Crippen LogP) is 0.134. The Bertz CT molecular complexity index is 438. The number of H-pyrrole nitrogens is 1. The Morgan fingerprint density at radius 1 is 1.38 bits per heavy atom. The first-order chi connectivity index (χ1) is 7.81. The minimum Gasteiger partial charge on any atom is -0.384 e. The van der Waals surface area contributed by atoms with Crippen LogP contribution in [0.2, 0.25) is 0 Å². The Morgan fingerprint density at radius 3 is 2.69 bits per heavy atom. The van der Waals surface area contributed by atoms with Crippen molar-refractivity contribution >= 4 is 5.82 Å². The molecule has 0 aliphatic carbocycles. The molecule has 6 heteroatoms. The van der Waals surface area contributed by atoms with E-state index in [1.807, 2.05) is 12.1 Å². The number of anilines is 1. The van der Waals surface area contributed by atoms with Gasteiger partial charge in [0.05, 0.1) is 12.2 Å². The highest BCUT2D eigenvalue weighted by Crippen LogP contribution is 2.20. The van der Waals surface area contributed by atoms with Crippen molar-refractivity contribution in [2.45, 2.75) is 12.5 Å². The third kappa shape index (κ3) is 2.18. The van der Waals surface area contributed by atoms with Crippen LogP contribution in [-0.2, 0) is 6.42 Å². The topological polar surface area (TPSA) is 106 Å². The number of aromatic nitrogens is 3. The fourth-order valence-electron chi connectivity index (χ4n) is 1.60. The summed E-state index contributed by atoms with van der Waals surface area (Å²) in [5.41, 5.74) is 10.5. The van der Waals surface area contributed by atoms with Crippen LogP contribution in [0.3, 0.4) is 0 Å². The number of rotatable bonds is 4. The van der Waals surface area contributed by atoms with E-state index in [0.29, 0.717) is 5.82 Å². The molecule has 1 unspecified atom stereocenters. The lowest BCUT2D eigenvalue weighted by Crippen LogP contribution is -2.29. The molecule has 2 rings (SSSR count). The summed E-state index contributed by atoms with van der Waals surface area (Å²) < 4.78 is 0. The molecule has 0 saturated heterocycles. The summed E-state index contributed by atoms with van der Waals surface area (Å²) in [6.07, 6.45) is 5.92. The van der Waals surface area contributed by atoms with E-state index < -0.39 is 0 Å². The van der Waals surface area contributed by atoms with Gasteiger partial charge in [-0.1, -0.05) is 0 Å². The van der Waals surface area contributed by atoms with E-state index in [9.17, 15) is 0 Å². The predicted molar refractivity (Wildman–Crippen MR) is 61.0 cm³/mol. The number of nitrogens with one attached hydrogen (secondary N) is 2. The molecule has 2 aromatic heterocycles. The largest absolute Gasteiger partial charge is 0.384 e. The van der Waals surface area contributed by atoms with Crippen molar-refractivity contribution in [2.24, 2.45) is 5.84 Å². The second-order valence-electron chi connectivity index (χ2n) is 3.52. The van der Waals surface area contributed by atoms with Gasteiger partial charge in [-0.25, -0.2) is 0 Å². The van der Waals surface area contributed by atoms with Crippen LogP contribution < -0.4 is 17.0 Å². The lowest BCUT2D eigenvalue weighted by Gasteiger charge is -2.14. The van der Waals surface area contributed by atoms with Crippen molar-refractivity contribution in [3.63, 3.8) is 0 Å². The van der Waals surface area contributed by atoms with Crippen LogP contribution in [0.1, 0.15) is 17.2 Å². The number of nitrogens with zero attached hydrogens (tertiary/aromatic N) is 2. The molecular weight excluding hydrogens is 204 g/mol. The van der Waals surface area contributed by atoms with Crippen LogP contribution >= 0.6 is 0 Å². The van der Waals surface area contributed by atoms with E-state index in [4.69, 9.17) is 11.6 Å². The van der Waals surface area contributed by atoms with Crippen LogP contribution in [-0.4, -0.2) is 15.2 Å². The Labute approximate surface area is 93.0 Å². The number of nitrogens with two attached hydrogens (primary N) is 2. The van der Waals surface area contributed by atoms with Gasteiger partial charge in [-0.15, -0.1) is 0 Å². The third-order valence-corrected chi connectivity index (χ3v) is 2.47. The molecule has 0 aliphatic heterocycles. The average molecular weight is 218 g/mol. The average Bonchev–Trinajstić information content (AvgIpc) is 2.74. The summed E-state index contributed by atoms with van der Waals surface area (Å²) in [4.78, 5) is 3.96. The normalized spacial score (nSPS) is 12.6. The highest BCUT2D eigenvalue weighted by Gasteiger charge is 2.14. The van der Waals surface area contributed by atoms with Gasteiger partial charge in [0.25, 0.3) is 0 Å². The lowest BCUT2D eigenvalue weighted by molar-refractivity contribution is 0.553. The molecule has 84 valence electrons. The highest BCUT2D eigenvalue weighted by atomic mass is 15.2. The molecule has 2 aromatic rings. The number of pyridine rings is 1. The van der Waals surface area contributed by atoms with Crippen LogP contribution in [0.15, 0.2) is 30.7 Å². The first kappa shape index (κ1) is 10.6. The Hall–Kier alpha value is -1.92. The van der Waals surface area contributed by atoms with Gasteiger partial charge in [0.1, 0.15) is 5.82 Å². The maximum absolute atomic E-state index is 5.74. The van der Waals surface area contributed by atoms with Crippen LogP contribution in [0.4, 0.5) is 5.82 Å². The Balaban J connectivity index is 2.16. The molecule has 16 heavy (non-hydrogen) atoms. The van der Waals surface area contributed by atoms with Gasteiger partial charge in [-0.2, -0.15) is 5.10 Å². The van der Waals surface area contributed by atoms with Gasteiger partial charge in [-0.3, -0.25) is 21.4 Å². The number of hydrazine groups is 1. The molecule has 0 saturated carbocycles. The number of hydrogen-bond acceptors (Lipinski definition) is 5. The third-order valence-electron chi connectivity index (χ3n) is 2.47. The molecule has 0 radical (unpaired) electrons. The fourth-order valence-corrected chi connectivity index (χ4v) is 1.60. The van der Waals surface area contributed by atoms with Crippen molar-refractivity contribution in [2.75, 3.05) is 5.73 Å². The summed E-state index contributed by atoms with van der Waals surface area (Å²) in [7, 11) is 0. The minimum atomic E-state index is -0.0545. The van der Waals surface area contributed by atoms with Gasteiger partial charge < -0.3 is 5.73 Å². The molecule has 6 N–H and O–H groups in total. The maximum atomic E-state index is 5.74. The molecule has 0 amide bonds. The van der Waals surface area contributed by atoms with E-state index in [2.05, 4.69) is 20.6 Å². The van der Waals surface area contributed by atoms with E-state index in [1.165, 1.54) is 0 Å². The van der Waals surface area contributed by atoms with Gasteiger partial charge in [0, 0.05) is 18.0 Å². The summed E-state index contributed by atoms with van der Waals surface area (Å²) in [6, 6.07) is 3.84. The van der Waals surface area contributed by atoms with Crippen molar-refractivity contribution in [3.05, 3.63) is 41.9 Å².